The Morgan fingerprint density at radius 2 is 1.08 bits per heavy atom. The number of carbonyl (C=O) groups is 2. The Morgan fingerprint density at radius 3 is 1.46 bits per heavy atom. The van der Waals surface area contributed by atoms with Gasteiger partial charge in [0.15, 0.2) is 0 Å². The van der Waals surface area contributed by atoms with Crippen molar-refractivity contribution in [1.82, 2.24) is 0 Å². The summed E-state index contributed by atoms with van der Waals surface area (Å²) in [4.78, 5) is 23.1. The van der Waals surface area contributed by atoms with Crippen molar-refractivity contribution in [3.8, 4) is 0 Å². The van der Waals surface area contributed by atoms with Gasteiger partial charge >= 0.3 is 11.9 Å². The number of hydrogen-bond donors (Lipinski definition) is 0. The molecule has 0 fully saturated rings. The molecule has 0 saturated carbocycles. The summed E-state index contributed by atoms with van der Waals surface area (Å²) in [6.07, 6.45) is -0.719. The van der Waals surface area contributed by atoms with Gasteiger partial charge in [-0.15, -0.1) is 0 Å². The zero-order valence-electron chi connectivity index (χ0n) is 13.4. The van der Waals surface area contributed by atoms with Gasteiger partial charge in [-0.25, -0.2) is 17.6 Å². The van der Waals surface area contributed by atoms with Crippen molar-refractivity contribution in [2.75, 3.05) is 0 Å². The molecule has 0 aromatic heterocycles. The molecule has 26 heavy (non-hydrogen) atoms. The summed E-state index contributed by atoms with van der Waals surface area (Å²) < 4.78 is 62.2. The molecule has 0 unspecified atom stereocenters. The average Bonchev–Trinajstić information content (AvgIpc) is 2.61. The Labute approximate surface area is 146 Å². The van der Waals surface area contributed by atoms with Crippen molar-refractivity contribution in [2.24, 2.45) is 0 Å². The first-order valence-corrected chi connectivity index (χ1v) is 7.54. The number of carbonyl (C=O) groups excluding carboxylic acids is 2. The second kappa shape index (κ2) is 8.98. The van der Waals surface area contributed by atoms with Crippen molar-refractivity contribution >= 4 is 11.9 Å². The molecular formula is C18H14F4O4. The van der Waals surface area contributed by atoms with Crippen LogP contribution in [-0.2, 0) is 32.3 Å². The van der Waals surface area contributed by atoms with Gasteiger partial charge in [0, 0.05) is 11.1 Å². The standard InChI is InChI=1S/C18H14F4O4/c19-13-1-3-15(21)11(7-13)9-25-17(23)5-6-18(24)26-10-12-8-14(20)2-4-16(12)22/h1-4,7-8H,5-6,9-10H2. The van der Waals surface area contributed by atoms with Crippen LogP contribution >= 0.6 is 0 Å². The lowest BCUT2D eigenvalue weighted by Crippen LogP contribution is -2.11. The molecule has 0 bridgehead atoms. The van der Waals surface area contributed by atoms with Crippen molar-refractivity contribution in [1.29, 1.82) is 0 Å². The number of ether oxygens (including phenoxy) is 2. The maximum absolute atomic E-state index is 13.4. The fourth-order valence-corrected chi connectivity index (χ4v) is 1.97. The second-order valence-corrected chi connectivity index (χ2v) is 5.29. The minimum atomic E-state index is -0.817. The van der Waals surface area contributed by atoms with E-state index < -0.39 is 48.4 Å². The summed E-state index contributed by atoms with van der Waals surface area (Å²) in [5, 5.41) is 0. The molecule has 0 amide bonds. The highest BCUT2D eigenvalue weighted by atomic mass is 19.1. The van der Waals surface area contributed by atoms with Crippen molar-refractivity contribution in [3.05, 3.63) is 70.8 Å². The molecule has 0 aliphatic rings. The fourth-order valence-electron chi connectivity index (χ4n) is 1.97. The summed E-state index contributed by atoms with van der Waals surface area (Å²) >= 11 is 0. The highest BCUT2D eigenvalue weighted by molar-refractivity contribution is 5.77. The number of hydrogen-bond acceptors (Lipinski definition) is 4. The lowest BCUT2D eigenvalue weighted by molar-refractivity contribution is -0.151. The molecule has 0 heterocycles. The van der Waals surface area contributed by atoms with Crippen LogP contribution in [-0.4, -0.2) is 11.9 Å². The van der Waals surface area contributed by atoms with Crippen LogP contribution in [0.25, 0.3) is 0 Å². The molecule has 0 aliphatic heterocycles. The second-order valence-electron chi connectivity index (χ2n) is 5.29. The fraction of sp³-hybridized carbons (Fsp3) is 0.222. The Bertz CT molecular complexity index is 740. The minimum Gasteiger partial charge on any atom is -0.461 e. The maximum Gasteiger partial charge on any atom is 0.306 e. The quantitative estimate of drug-likeness (QED) is 0.549. The first kappa shape index (κ1) is 19.4. The van der Waals surface area contributed by atoms with Gasteiger partial charge in [-0.2, -0.15) is 0 Å². The van der Waals surface area contributed by atoms with E-state index in [2.05, 4.69) is 0 Å². The lowest BCUT2D eigenvalue weighted by Gasteiger charge is -2.07. The van der Waals surface area contributed by atoms with Crippen LogP contribution in [0.15, 0.2) is 36.4 Å². The van der Waals surface area contributed by atoms with Crippen molar-refractivity contribution in [3.63, 3.8) is 0 Å². The van der Waals surface area contributed by atoms with Crippen LogP contribution in [0, 0.1) is 23.3 Å². The van der Waals surface area contributed by atoms with Crippen LogP contribution in [0.5, 0.6) is 0 Å². The Morgan fingerprint density at radius 1 is 0.692 bits per heavy atom. The molecule has 0 atom stereocenters. The van der Waals surface area contributed by atoms with Crippen molar-refractivity contribution < 1.29 is 36.6 Å². The number of esters is 2. The van der Waals surface area contributed by atoms with Gasteiger partial charge in [-0.3, -0.25) is 9.59 Å². The van der Waals surface area contributed by atoms with E-state index in [1.807, 2.05) is 0 Å². The third kappa shape index (κ3) is 5.87. The molecule has 0 aliphatic carbocycles. The van der Waals surface area contributed by atoms with E-state index >= 15 is 0 Å². The van der Waals surface area contributed by atoms with Crippen LogP contribution in [0.2, 0.25) is 0 Å². The van der Waals surface area contributed by atoms with E-state index in [1.54, 1.807) is 0 Å². The van der Waals surface area contributed by atoms with Crippen molar-refractivity contribution in [2.45, 2.75) is 26.1 Å². The normalized spacial score (nSPS) is 10.5. The number of benzene rings is 2. The predicted octanol–water partition coefficient (Wildman–Crippen LogP) is 3.81. The van der Waals surface area contributed by atoms with E-state index in [-0.39, 0.29) is 24.0 Å². The van der Waals surface area contributed by atoms with Crippen LogP contribution in [0.3, 0.4) is 0 Å². The SMILES string of the molecule is O=C(CCC(=O)OCc1cc(F)ccc1F)OCc1cc(F)ccc1F. The molecule has 0 N–H and O–H groups in total. The molecule has 8 heteroatoms. The highest BCUT2D eigenvalue weighted by Crippen LogP contribution is 2.13. The average molecular weight is 370 g/mol. The van der Waals surface area contributed by atoms with Crippen LogP contribution < -0.4 is 0 Å². The number of halogens is 4. The molecule has 0 spiro atoms. The van der Waals surface area contributed by atoms with Gasteiger partial charge in [0.25, 0.3) is 0 Å². The molecule has 2 aromatic carbocycles. The van der Waals surface area contributed by atoms with E-state index in [0.29, 0.717) is 0 Å². The summed E-state index contributed by atoms with van der Waals surface area (Å²) in [7, 11) is 0. The molecule has 138 valence electrons. The van der Waals surface area contributed by atoms with Gasteiger partial charge in [-0.1, -0.05) is 0 Å². The van der Waals surface area contributed by atoms with E-state index in [0.717, 1.165) is 36.4 Å². The molecular weight excluding hydrogens is 356 g/mol. The van der Waals surface area contributed by atoms with Gasteiger partial charge in [0.05, 0.1) is 12.8 Å². The Kier molecular flexibility index (Phi) is 6.71. The summed E-state index contributed by atoms with van der Waals surface area (Å²) in [6, 6.07) is 5.45. The molecule has 0 radical (unpaired) electrons. The monoisotopic (exact) mass is 370 g/mol. The highest BCUT2D eigenvalue weighted by Gasteiger charge is 2.13. The summed E-state index contributed by atoms with van der Waals surface area (Å²) in [5.41, 5.74) is -0.273. The van der Waals surface area contributed by atoms with E-state index in [9.17, 15) is 27.2 Å². The summed E-state index contributed by atoms with van der Waals surface area (Å²) in [5.74, 6) is -4.44. The van der Waals surface area contributed by atoms with Crippen LogP contribution in [0.4, 0.5) is 17.6 Å². The van der Waals surface area contributed by atoms with Gasteiger partial charge in [0.1, 0.15) is 36.5 Å². The Balaban J connectivity index is 1.74. The molecule has 2 aromatic rings. The topological polar surface area (TPSA) is 52.6 Å². The first-order chi connectivity index (χ1) is 12.3. The molecule has 0 saturated heterocycles. The Hall–Kier alpha value is -2.90. The lowest BCUT2D eigenvalue weighted by atomic mass is 10.2. The van der Waals surface area contributed by atoms with Gasteiger partial charge in [-0.05, 0) is 36.4 Å². The van der Waals surface area contributed by atoms with E-state index in [4.69, 9.17) is 9.47 Å². The largest absolute Gasteiger partial charge is 0.461 e. The molecule has 2 rings (SSSR count). The molecule has 4 nitrogen and oxygen atoms in total. The minimum absolute atomic E-state index is 0.137. The third-order valence-corrected chi connectivity index (χ3v) is 3.33. The zero-order valence-corrected chi connectivity index (χ0v) is 13.4. The van der Waals surface area contributed by atoms with Gasteiger partial charge < -0.3 is 9.47 Å². The predicted molar refractivity (Wildman–Crippen MR) is 81.5 cm³/mol. The summed E-state index contributed by atoms with van der Waals surface area (Å²) in [6.45, 7) is -0.960. The van der Waals surface area contributed by atoms with E-state index in [1.165, 1.54) is 0 Å². The first-order valence-electron chi connectivity index (χ1n) is 7.54. The van der Waals surface area contributed by atoms with Gasteiger partial charge in [0.2, 0.25) is 0 Å². The number of rotatable bonds is 7. The zero-order chi connectivity index (χ0) is 19.1. The van der Waals surface area contributed by atoms with Crippen LogP contribution in [0.1, 0.15) is 24.0 Å². The maximum atomic E-state index is 13.4. The smallest absolute Gasteiger partial charge is 0.306 e. The third-order valence-electron chi connectivity index (χ3n) is 3.33.